The Hall–Kier alpha value is -1.42. The van der Waals surface area contributed by atoms with Crippen LogP contribution in [0.25, 0.3) is 0 Å². The van der Waals surface area contributed by atoms with E-state index >= 15 is 0 Å². The average Bonchev–Trinajstić information content (AvgIpc) is 2.77. The summed E-state index contributed by atoms with van der Waals surface area (Å²) in [5.74, 6) is -0.942. The van der Waals surface area contributed by atoms with Gasteiger partial charge in [0, 0.05) is 25.6 Å². The summed E-state index contributed by atoms with van der Waals surface area (Å²) in [5.41, 5.74) is 0.220. The minimum absolute atomic E-state index is 0.220. The molecule has 0 bridgehead atoms. The van der Waals surface area contributed by atoms with Gasteiger partial charge in [-0.05, 0) is 25.0 Å². The maximum absolute atomic E-state index is 10.2. The summed E-state index contributed by atoms with van der Waals surface area (Å²) in [6.07, 6.45) is 5.40. The van der Waals surface area contributed by atoms with E-state index in [9.17, 15) is 4.79 Å². The Bertz CT molecular complexity index is 262. The number of carbonyl (C=O) groups is 1. The van der Waals surface area contributed by atoms with Crippen LogP contribution in [-0.4, -0.2) is 29.3 Å². The van der Waals surface area contributed by atoms with Gasteiger partial charge in [0.2, 0.25) is 0 Å². The summed E-state index contributed by atoms with van der Waals surface area (Å²) in [7, 11) is 0. The molecule has 1 aromatic heterocycles. The molecule has 14 heavy (non-hydrogen) atoms. The molecule has 1 N–H and O–H groups in total. The van der Waals surface area contributed by atoms with Gasteiger partial charge in [-0.2, -0.15) is 0 Å². The number of aromatic nitrogens is 1. The lowest BCUT2D eigenvalue weighted by molar-refractivity contribution is 0.0696. The standard InChI is InChI=1S/C6H5NO2.C4H8O/c8-6(9)5-2-1-3-7-4-5;1-2-4-5-3-1/h1-4H,(H,8,9);1-4H2. The number of carboxylic acid groups (broad SMARTS) is 1. The number of ether oxygens (including phenoxy) is 1. The number of hydrogen-bond donors (Lipinski definition) is 1. The zero-order valence-electron chi connectivity index (χ0n) is 7.85. The van der Waals surface area contributed by atoms with Gasteiger partial charge in [-0.15, -0.1) is 0 Å². The van der Waals surface area contributed by atoms with Crippen LogP contribution in [0.2, 0.25) is 0 Å². The molecule has 0 atom stereocenters. The Morgan fingerprint density at radius 1 is 1.43 bits per heavy atom. The van der Waals surface area contributed by atoms with Crippen molar-refractivity contribution >= 4 is 5.97 Å². The molecule has 1 fully saturated rings. The summed E-state index contributed by atoms with van der Waals surface area (Å²) in [5, 5.41) is 8.34. The molecular weight excluding hydrogens is 182 g/mol. The molecule has 1 saturated heterocycles. The van der Waals surface area contributed by atoms with E-state index < -0.39 is 5.97 Å². The number of aromatic carboxylic acids is 1. The molecule has 2 rings (SSSR count). The summed E-state index contributed by atoms with van der Waals surface area (Å²) in [6.45, 7) is 2.00. The lowest BCUT2D eigenvalue weighted by Gasteiger charge is -1.87. The summed E-state index contributed by atoms with van der Waals surface area (Å²) in [4.78, 5) is 13.8. The molecule has 0 aliphatic carbocycles. The predicted octanol–water partition coefficient (Wildman–Crippen LogP) is 1.58. The van der Waals surface area contributed by atoms with Gasteiger partial charge < -0.3 is 9.84 Å². The van der Waals surface area contributed by atoms with Gasteiger partial charge in [0.05, 0.1) is 5.56 Å². The zero-order valence-corrected chi connectivity index (χ0v) is 7.85. The van der Waals surface area contributed by atoms with Crippen LogP contribution in [-0.2, 0) is 4.74 Å². The summed E-state index contributed by atoms with van der Waals surface area (Å²) < 4.78 is 4.94. The van der Waals surface area contributed by atoms with Crippen LogP contribution in [0, 0.1) is 0 Å². The minimum Gasteiger partial charge on any atom is -0.478 e. The second-order valence-electron chi connectivity index (χ2n) is 2.87. The third kappa shape index (κ3) is 4.00. The van der Waals surface area contributed by atoms with Gasteiger partial charge in [-0.25, -0.2) is 4.79 Å². The Morgan fingerprint density at radius 3 is 2.43 bits per heavy atom. The highest BCUT2D eigenvalue weighted by atomic mass is 16.5. The highest BCUT2D eigenvalue weighted by molar-refractivity contribution is 5.86. The van der Waals surface area contributed by atoms with Crippen LogP contribution in [0.5, 0.6) is 0 Å². The third-order valence-electron chi connectivity index (χ3n) is 1.74. The van der Waals surface area contributed by atoms with Gasteiger partial charge in [0.1, 0.15) is 0 Å². The van der Waals surface area contributed by atoms with E-state index in [1.54, 1.807) is 6.07 Å². The molecular formula is C10H13NO3. The molecule has 0 saturated carbocycles. The topological polar surface area (TPSA) is 59.4 Å². The molecule has 0 amide bonds. The first-order valence-corrected chi connectivity index (χ1v) is 4.52. The van der Waals surface area contributed by atoms with Crippen molar-refractivity contribution in [2.24, 2.45) is 0 Å². The van der Waals surface area contributed by atoms with Crippen LogP contribution in [0.15, 0.2) is 24.5 Å². The lowest BCUT2D eigenvalue weighted by Crippen LogP contribution is -1.94. The maximum atomic E-state index is 10.2. The first-order valence-electron chi connectivity index (χ1n) is 4.52. The van der Waals surface area contributed by atoms with Crippen molar-refractivity contribution in [2.45, 2.75) is 12.8 Å². The third-order valence-corrected chi connectivity index (χ3v) is 1.74. The molecule has 1 aromatic rings. The molecule has 0 radical (unpaired) electrons. The Morgan fingerprint density at radius 2 is 2.14 bits per heavy atom. The van der Waals surface area contributed by atoms with Crippen LogP contribution >= 0.6 is 0 Å². The van der Waals surface area contributed by atoms with Crippen molar-refractivity contribution < 1.29 is 14.6 Å². The number of pyridine rings is 1. The Kier molecular flexibility index (Phi) is 4.64. The summed E-state index contributed by atoms with van der Waals surface area (Å²) in [6, 6.07) is 3.08. The van der Waals surface area contributed by atoms with Crippen LogP contribution in [0.3, 0.4) is 0 Å². The van der Waals surface area contributed by atoms with Crippen molar-refractivity contribution in [1.82, 2.24) is 4.98 Å². The zero-order chi connectivity index (χ0) is 10.2. The Labute approximate surface area is 82.5 Å². The first kappa shape index (κ1) is 10.7. The molecule has 4 nitrogen and oxygen atoms in total. The molecule has 1 aliphatic heterocycles. The quantitative estimate of drug-likeness (QED) is 0.739. The molecule has 0 unspecified atom stereocenters. The lowest BCUT2D eigenvalue weighted by atomic mass is 10.3. The van der Waals surface area contributed by atoms with Gasteiger partial charge in [0.25, 0.3) is 0 Å². The second-order valence-corrected chi connectivity index (χ2v) is 2.87. The SMILES string of the molecule is C1CCOC1.O=C(O)c1cccnc1. The van der Waals surface area contributed by atoms with Crippen molar-refractivity contribution in [3.8, 4) is 0 Å². The first-order chi connectivity index (χ1) is 6.80. The van der Waals surface area contributed by atoms with Gasteiger partial charge in [-0.1, -0.05) is 0 Å². The van der Waals surface area contributed by atoms with Crippen LogP contribution < -0.4 is 0 Å². The Balaban J connectivity index is 0.000000165. The summed E-state index contributed by atoms with van der Waals surface area (Å²) >= 11 is 0. The van der Waals surface area contributed by atoms with E-state index in [1.807, 2.05) is 0 Å². The highest BCUT2D eigenvalue weighted by Gasteiger charge is 1.97. The molecule has 2 heterocycles. The molecule has 1 aliphatic rings. The van der Waals surface area contributed by atoms with E-state index in [2.05, 4.69) is 4.98 Å². The highest BCUT2D eigenvalue weighted by Crippen LogP contribution is 1.98. The van der Waals surface area contributed by atoms with Crippen molar-refractivity contribution in [2.75, 3.05) is 13.2 Å². The number of hydrogen-bond acceptors (Lipinski definition) is 3. The normalized spacial score (nSPS) is 14.3. The molecule has 76 valence electrons. The minimum atomic E-state index is -0.942. The van der Waals surface area contributed by atoms with Crippen LogP contribution in [0.4, 0.5) is 0 Å². The smallest absolute Gasteiger partial charge is 0.337 e. The molecule has 0 spiro atoms. The van der Waals surface area contributed by atoms with Crippen LogP contribution in [0.1, 0.15) is 23.2 Å². The van der Waals surface area contributed by atoms with E-state index in [-0.39, 0.29) is 5.56 Å². The largest absolute Gasteiger partial charge is 0.478 e. The number of carboxylic acids is 1. The van der Waals surface area contributed by atoms with Gasteiger partial charge >= 0.3 is 5.97 Å². The maximum Gasteiger partial charge on any atom is 0.337 e. The van der Waals surface area contributed by atoms with Crippen molar-refractivity contribution in [3.63, 3.8) is 0 Å². The molecule has 0 aromatic carbocycles. The van der Waals surface area contributed by atoms with Gasteiger partial charge in [-0.3, -0.25) is 4.98 Å². The average molecular weight is 195 g/mol. The predicted molar refractivity (Wildman–Crippen MR) is 51.2 cm³/mol. The molecule has 4 heteroatoms. The van der Waals surface area contributed by atoms with E-state index in [0.717, 1.165) is 13.2 Å². The number of rotatable bonds is 1. The van der Waals surface area contributed by atoms with E-state index in [1.165, 1.54) is 31.3 Å². The fourth-order valence-corrected chi connectivity index (χ4v) is 1.000. The van der Waals surface area contributed by atoms with E-state index in [4.69, 9.17) is 9.84 Å². The number of nitrogens with zero attached hydrogens (tertiary/aromatic N) is 1. The van der Waals surface area contributed by atoms with Crippen molar-refractivity contribution in [3.05, 3.63) is 30.1 Å². The fourth-order valence-electron chi connectivity index (χ4n) is 1.000. The monoisotopic (exact) mass is 195 g/mol. The van der Waals surface area contributed by atoms with Gasteiger partial charge in [0.15, 0.2) is 0 Å². The second kappa shape index (κ2) is 6.10. The van der Waals surface area contributed by atoms with Crippen molar-refractivity contribution in [1.29, 1.82) is 0 Å². The van der Waals surface area contributed by atoms with E-state index in [0.29, 0.717) is 0 Å². The fraction of sp³-hybridized carbons (Fsp3) is 0.400.